The van der Waals surface area contributed by atoms with Gasteiger partial charge in [-0.25, -0.2) is 4.98 Å². The molecule has 2 heterocycles. The number of hydrogen-bond acceptors (Lipinski definition) is 3. The molecule has 0 amide bonds. The lowest BCUT2D eigenvalue weighted by molar-refractivity contribution is 1.29. The van der Waals surface area contributed by atoms with Crippen molar-refractivity contribution in [3.63, 3.8) is 0 Å². The highest BCUT2D eigenvalue weighted by molar-refractivity contribution is 9.10. The molecule has 3 rings (SSSR count). The number of pyridine rings is 1. The SMILES string of the molecule is Clc1ccc(-c2nc(-c3cccc(Br)c3)cs2)nc1. The van der Waals surface area contributed by atoms with Crippen LogP contribution in [0.25, 0.3) is 22.0 Å². The number of benzene rings is 1. The molecule has 0 saturated heterocycles. The Morgan fingerprint density at radius 1 is 1.11 bits per heavy atom. The fourth-order valence-corrected chi connectivity index (χ4v) is 2.99. The first kappa shape index (κ1) is 12.8. The Bertz CT molecular complexity index is 709. The lowest BCUT2D eigenvalue weighted by Crippen LogP contribution is -1.82. The average Bonchev–Trinajstić information content (AvgIpc) is 2.89. The summed E-state index contributed by atoms with van der Waals surface area (Å²) in [6, 6.07) is 11.8. The molecule has 0 spiro atoms. The number of nitrogens with zero attached hydrogens (tertiary/aromatic N) is 2. The van der Waals surface area contributed by atoms with E-state index in [-0.39, 0.29) is 0 Å². The second-order valence-electron chi connectivity index (χ2n) is 3.91. The molecule has 0 aliphatic carbocycles. The zero-order valence-electron chi connectivity index (χ0n) is 9.68. The number of thiazole rings is 1. The molecule has 0 radical (unpaired) electrons. The van der Waals surface area contributed by atoms with E-state index in [0.29, 0.717) is 5.02 Å². The molecule has 0 aliphatic heterocycles. The largest absolute Gasteiger partial charge is 0.252 e. The molecule has 5 heteroatoms. The van der Waals surface area contributed by atoms with Crippen LogP contribution in [0, 0.1) is 0 Å². The van der Waals surface area contributed by atoms with Crippen molar-refractivity contribution in [1.29, 1.82) is 0 Å². The van der Waals surface area contributed by atoms with Gasteiger partial charge in [-0.3, -0.25) is 4.98 Å². The minimum Gasteiger partial charge on any atom is -0.252 e. The van der Waals surface area contributed by atoms with E-state index in [0.717, 1.165) is 26.4 Å². The summed E-state index contributed by atoms with van der Waals surface area (Å²) >= 11 is 10.9. The molecule has 1 aromatic carbocycles. The number of halogens is 2. The van der Waals surface area contributed by atoms with Gasteiger partial charge in [0.2, 0.25) is 0 Å². The standard InChI is InChI=1S/C14H8BrClN2S/c15-10-3-1-2-9(6-10)13-8-19-14(18-13)12-5-4-11(16)7-17-12/h1-8H. The van der Waals surface area contributed by atoms with Crippen LogP contribution in [0.4, 0.5) is 0 Å². The summed E-state index contributed by atoms with van der Waals surface area (Å²) in [6.07, 6.45) is 1.64. The van der Waals surface area contributed by atoms with Gasteiger partial charge in [-0.2, -0.15) is 0 Å². The summed E-state index contributed by atoms with van der Waals surface area (Å²) in [5.74, 6) is 0. The van der Waals surface area contributed by atoms with Crippen molar-refractivity contribution in [3.8, 4) is 22.0 Å². The Morgan fingerprint density at radius 2 is 2.00 bits per heavy atom. The van der Waals surface area contributed by atoms with Crippen molar-refractivity contribution in [1.82, 2.24) is 9.97 Å². The summed E-state index contributed by atoms with van der Waals surface area (Å²) in [7, 11) is 0. The van der Waals surface area contributed by atoms with E-state index in [2.05, 4.69) is 25.9 Å². The number of aromatic nitrogens is 2. The Hall–Kier alpha value is -1.23. The molecule has 0 N–H and O–H groups in total. The fourth-order valence-electron chi connectivity index (χ4n) is 1.67. The maximum absolute atomic E-state index is 5.83. The summed E-state index contributed by atoms with van der Waals surface area (Å²) in [6.45, 7) is 0. The smallest absolute Gasteiger partial charge is 0.142 e. The van der Waals surface area contributed by atoms with Crippen molar-refractivity contribution < 1.29 is 0 Å². The van der Waals surface area contributed by atoms with Crippen molar-refractivity contribution in [3.05, 3.63) is 57.5 Å². The monoisotopic (exact) mass is 350 g/mol. The van der Waals surface area contributed by atoms with Crippen molar-refractivity contribution in [2.75, 3.05) is 0 Å². The molecular formula is C14H8BrClN2S. The van der Waals surface area contributed by atoms with Crippen molar-refractivity contribution in [2.24, 2.45) is 0 Å². The highest BCUT2D eigenvalue weighted by Crippen LogP contribution is 2.29. The van der Waals surface area contributed by atoms with Crippen LogP contribution in [-0.2, 0) is 0 Å². The van der Waals surface area contributed by atoms with Gasteiger partial charge >= 0.3 is 0 Å². The molecule has 94 valence electrons. The fraction of sp³-hybridized carbons (Fsp3) is 0. The van der Waals surface area contributed by atoms with Gasteiger partial charge in [0.1, 0.15) is 5.01 Å². The highest BCUT2D eigenvalue weighted by Gasteiger charge is 2.07. The summed E-state index contributed by atoms with van der Waals surface area (Å²) in [5, 5.41) is 3.56. The van der Waals surface area contributed by atoms with Crippen LogP contribution in [0.3, 0.4) is 0 Å². The summed E-state index contributed by atoms with van der Waals surface area (Å²) in [5.41, 5.74) is 2.89. The van der Waals surface area contributed by atoms with Gasteiger partial charge in [-0.05, 0) is 24.3 Å². The lowest BCUT2D eigenvalue weighted by Gasteiger charge is -1.97. The molecule has 0 unspecified atom stereocenters. The predicted octanol–water partition coefficient (Wildman–Crippen LogP) is 5.29. The first-order valence-corrected chi connectivity index (χ1v) is 7.61. The maximum atomic E-state index is 5.83. The van der Waals surface area contributed by atoms with Crippen LogP contribution in [-0.4, -0.2) is 9.97 Å². The van der Waals surface area contributed by atoms with Crippen LogP contribution in [0.5, 0.6) is 0 Å². The van der Waals surface area contributed by atoms with Gasteiger partial charge in [0.25, 0.3) is 0 Å². The molecule has 0 saturated carbocycles. The van der Waals surface area contributed by atoms with Crippen LogP contribution in [0.1, 0.15) is 0 Å². The minimum absolute atomic E-state index is 0.632. The van der Waals surface area contributed by atoms with Gasteiger partial charge in [0, 0.05) is 21.6 Å². The van der Waals surface area contributed by atoms with E-state index in [1.807, 2.05) is 41.8 Å². The van der Waals surface area contributed by atoms with E-state index in [1.165, 1.54) is 0 Å². The molecule has 0 bridgehead atoms. The van der Waals surface area contributed by atoms with Gasteiger partial charge < -0.3 is 0 Å². The Labute approximate surface area is 128 Å². The third-order valence-corrected chi connectivity index (χ3v) is 4.15. The summed E-state index contributed by atoms with van der Waals surface area (Å²) < 4.78 is 1.05. The molecule has 0 atom stereocenters. The number of hydrogen-bond donors (Lipinski definition) is 0. The van der Waals surface area contributed by atoms with E-state index >= 15 is 0 Å². The Kier molecular flexibility index (Phi) is 3.64. The van der Waals surface area contributed by atoms with E-state index in [4.69, 9.17) is 11.6 Å². The molecule has 19 heavy (non-hydrogen) atoms. The molecule has 0 aliphatic rings. The quantitative estimate of drug-likeness (QED) is 0.627. The van der Waals surface area contributed by atoms with Gasteiger partial charge in [0.15, 0.2) is 0 Å². The van der Waals surface area contributed by atoms with Crippen molar-refractivity contribution in [2.45, 2.75) is 0 Å². The van der Waals surface area contributed by atoms with Crippen molar-refractivity contribution >= 4 is 38.9 Å². The van der Waals surface area contributed by atoms with Crippen LogP contribution >= 0.6 is 38.9 Å². The zero-order valence-corrected chi connectivity index (χ0v) is 12.8. The van der Waals surface area contributed by atoms with Gasteiger partial charge in [-0.15, -0.1) is 11.3 Å². The van der Waals surface area contributed by atoms with Gasteiger partial charge in [-0.1, -0.05) is 39.7 Å². The van der Waals surface area contributed by atoms with Crippen LogP contribution in [0.2, 0.25) is 5.02 Å². The summed E-state index contributed by atoms with van der Waals surface area (Å²) in [4.78, 5) is 8.89. The molecular weight excluding hydrogens is 344 g/mol. The topological polar surface area (TPSA) is 25.8 Å². The normalized spacial score (nSPS) is 10.6. The third kappa shape index (κ3) is 2.86. The lowest BCUT2D eigenvalue weighted by atomic mass is 10.2. The van der Waals surface area contributed by atoms with Gasteiger partial charge in [0.05, 0.1) is 16.4 Å². The molecule has 2 aromatic heterocycles. The minimum atomic E-state index is 0.632. The molecule has 0 fully saturated rings. The zero-order chi connectivity index (χ0) is 13.2. The third-order valence-electron chi connectivity index (χ3n) is 2.57. The average molecular weight is 352 g/mol. The van der Waals surface area contributed by atoms with Crippen LogP contribution in [0.15, 0.2) is 52.4 Å². The van der Waals surface area contributed by atoms with E-state index < -0.39 is 0 Å². The second-order valence-corrected chi connectivity index (χ2v) is 6.12. The van der Waals surface area contributed by atoms with Crippen LogP contribution < -0.4 is 0 Å². The van der Waals surface area contributed by atoms with E-state index in [9.17, 15) is 0 Å². The Balaban J connectivity index is 1.97. The Morgan fingerprint density at radius 3 is 2.74 bits per heavy atom. The maximum Gasteiger partial charge on any atom is 0.142 e. The molecule has 2 nitrogen and oxygen atoms in total. The first-order valence-electron chi connectivity index (χ1n) is 5.56. The second kappa shape index (κ2) is 5.41. The predicted molar refractivity (Wildman–Crippen MR) is 83.5 cm³/mol. The first-order chi connectivity index (χ1) is 9.22. The molecule has 3 aromatic rings. The number of rotatable bonds is 2. The van der Waals surface area contributed by atoms with E-state index in [1.54, 1.807) is 17.5 Å². The highest BCUT2D eigenvalue weighted by atomic mass is 79.9.